The molecule has 4 heteroatoms. The topological polar surface area (TPSA) is 50.9 Å². The monoisotopic (exact) mass is 351 g/mol. The third kappa shape index (κ3) is 3.35. The maximum absolute atomic E-state index is 10.8. The van der Waals surface area contributed by atoms with E-state index in [9.17, 15) is 5.11 Å². The number of rotatable bonds is 6. The zero-order chi connectivity index (χ0) is 18.0. The van der Waals surface area contributed by atoms with Gasteiger partial charge in [-0.25, -0.2) is 4.98 Å². The Morgan fingerprint density at radius 2 is 1.92 bits per heavy atom. The summed E-state index contributed by atoms with van der Waals surface area (Å²) in [5.41, 5.74) is 2.77. The van der Waals surface area contributed by atoms with Gasteiger partial charge in [0.1, 0.15) is 11.3 Å². The highest BCUT2D eigenvalue weighted by Crippen LogP contribution is 2.32. The molecule has 0 spiro atoms. The van der Waals surface area contributed by atoms with Crippen LogP contribution < -0.4 is 0 Å². The third-order valence-corrected chi connectivity index (χ3v) is 5.84. The lowest BCUT2D eigenvalue weighted by Crippen LogP contribution is -2.31. The summed E-state index contributed by atoms with van der Waals surface area (Å²) in [5.74, 6) is 1.15. The number of fused-ring (bicyclic) bond motifs is 3. The Labute approximate surface area is 155 Å². The Bertz CT molecular complexity index is 893. The Balaban J connectivity index is 1.65. The molecule has 1 aliphatic rings. The van der Waals surface area contributed by atoms with E-state index in [2.05, 4.69) is 34.7 Å². The SMILES string of the molecule is CCCc1nc2cnc3ccccc3c2n1CCCC1(O)CCCCC1. The highest BCUT2D eigenvalue weighted by Gasteiger charge is 2.28. The molecule has 1 aliphatic carbocycles. The van der Waals surface area contributed by atoms with Crippen molar-refractivity contribution in [1.29, 1.82) is 0 Å². The van der Waals surface area contributed by atoms with E-state index < -0.39 is 5.60 Å². The number of pyridine rings is 1. The normalized spacial score (nSPS) is 17.2. The average Bonchev–Trinajstić information content (AvgIpc) is 3.00. The highest BCUT2D eigenvalue weighted by atomic mass is 16.3. The summed E-state index contributed by atoms with van der Waals surface area (Å²) in [6, 6.07) is 8.32. The lowest BCUT2D eigenvalue weighted by Gasteiger charge is -2.32. The van der Waals surface area contributed by atoms with Crippen LogP contribution in [0.1, 0.15) is 64.1 Å². The molecule has 2 aromatic heterocycles. The van der Waals surface area contributed by atoms with Crippen LogP contribution in [0.4, 0.5) is 0 Å². The standard InChI is InChI=1S/C22H29N3O/c1-2-9-20-24-19-16-23-18-11-5-4-10-17(18)21(19)25(20)15-8-14-22(26)12-6-3-7-13-22/h4-5,10-11,16,26H,2-3,6-9,12-15H2,1H3. The van der Waals surface area contributed by atoms with E-state index in [-0.39, 0.29) is 0 Å². The number of hydrogen-bond donors (Lipinski definition) is 1. The molecular formula is C22H29N3O. The van der Waals surface area contributed by atoms with Crippen molar-refractivity contribution in [3.63, 3.8) is 0 Å². The number of aryl methyl sites for hydroxylation is 2. The number of aromatic nitrogens is 3. The molecule has 1 N–H and O–H groups in total. The Kier molecular flexibility index (Phi) is 4.94. The van der Waals surface area contributed by atoms with Crippen molar-refractivity contribution >= 4 is 21.9 Å². The van der Waals surface area contributed by atoms with Gasteiger partial charge in [-0.05, 0) is 38.2 Å². The average molecular weight is 351 g/mol. The van der Waals surface area contributed by atoms with Gasteiger partial charge in [-0.1, -0.05) is 44.4 Å². The lowest BCUT2D eigenvalue weighted by molar-refractivity contribution is -0.00620. The van der Waals surface area contributed by atoms with E-state index in [1.165, 1.54) is 30.2 Å². The largest absolute Gasteiger partial charge is 0.390 e. The van der Waals surface area contributed by atoms with Crippen molar-refractivity contribution in [2.24, 2.45) is 0 Å². The molecule has 0 saturated heterocycles. The van der Waals surface area contributed by atoms with Crippen LogP contribution in [0.3, 0.4) is 0 Å². The Hall–Kier alpha value is -1.94. The molecule has 138 valence electrons. The fraction of sp³-hybridized carbons (Fsp3) is 0.545. The van der Waals surface area contributed by atoms with Gasteiger partial charge >= 0.3 is 0 Å². The number of aliphatic hydroxyl groups is 1. The van der Waals surface area contributed by atoms with E-state index in [0.29, 0.717) is 0 Å². The fourth-order valence-corrected chi connectivity index (χ4v) is 4.49. The molecule has 3 aromatic rings. The minimum absolute atomic E-state index is 0.441. The van der Waals surface area contributed by atoms with Crippen molar-refractivity contribution in [1.82, 2.24) is 14.5 Å². The fourth-order valence-electron chi connectivity index (χ4n) is 4.49. The van der Waals surface area contributed by atoms with Gasteiger partial charge in [-0.15, -0.1) is 0 Å². The molecule has 2 heterocycles. The van der Waals surface area contributed by atoms with Crippen molar-refractivity contribution in [2.45, 2.75) is 76.9 Å². The second kappa shape index (κ2) is 7.36. The summed E-state index contributed by atoms with van der Waals surface area (Å²) in [6.07, 6.45) is 11.4. The third-order valence-electron chi connectivity index (χ3n) is 5.84. The van der Waals surface area contributed by atoms with Crippen LogP contribution in [0.2, 0.25) is 0 Å². The summed E-state index contributed by atoms with van der Waals surface area (Å²) in [6.45, 7) is 3.12. The molecule has 1 fully saturated rings. The van der Waals surface area contributed by atoms with Gasteiger partial charge in [-0.2, -0.15) is 0 Å². The Morgan fingerprint density at radius 1 is 1.12 bits per heavy atom. The van der Waals surface area contributed by atoms with Crippen molar-refractivity contribution in [3.8, 4) is 0 Å². The molecule has 0 amide bonds. The van der Waals surface area contributed by atoms with Crippen LogP contribution in [0, 0.1) is 0 Å². The number of benzene rings is 1. The second-order valence-corrected chi connectivity index (χ2v) is 7.83. The first kappa shape index (κ1) is 17.5. The van der Waals surface area contributed by atoms with Gasteiger partial charge in [0, 0.05) is 18.4 Å². The lowest BCUT2D eigenvalue weighted by atomic mass is 9.82. The minimum atomic E-state index is -0.441. The van der Waals surface area contributed by atoms with Crippen LogP contribution >= 0.6 is 0 Å². The summed E-state index contributed by atoms with van der Waals surface area (Å²) in [5, 5.41) is 12.0. The van der Waals surface area contributed by atoms with Crippen molar-refractivity contribution in [2.75, 3.05) is 0 Å². The first-order valence-electron chi connectivity index (χ1n) is 10.2. The Morgan fingerprint density at radius 3 is 2.73 bits per heavy atom. The molecule has 1 saturated carbocycles. The van der Waals surface area contributed by atoms with Crippen LogP contribution in [0.5, 0.6) is 0 Å². The quantitative estimate of drug-likeness (QED) is 0.679. The van der Waals surface area contributed by atoms with Gasteiger partial charge in [0.2, 0.25) is 0 Å². The smallest absolute Gasteiger partial charge is 0.109 e. The molecular weight excluding hydrogens is 322 g/mol. The van der Waals surface area contributed by atoms with E-state index >= 15 is 0 Å². The molecule has 1 aromatic carbocycles. The first-order valence-corrected chi connectivity index (χ1v) is 10.2. The maximum Gasteiger partial charge on any atom is 0.109 e. The van der Waals surface area contributed by atoms with Crippen LogP contribution in [-0.4, -0.2) is 25.2 Å². The van der Waals surface area contributed by atoms with Gasteiger partial charge < -0.3 is 9.67 Å². The zero-order valence-electron chi connectivity index (χ0n) is 15.7. The van der Waals surface area contributed by atoms with Gasteiger partial charge in [0.25, 0.3) is 0 Å². The van der Waals surface area contributed by atoms with Crippen molar-refractivity contribution in [3.05, 3.63) is 36.3 Å². The number of nitrogens with zero attached hydrogens (tertiary/aromatic N) is 3. The second-order valence-electron chi connectivity index (χ2n) is 7.83. The van der Waals surface area contributed by atoms with E-state index in [4.69, 9.17) is 4.98 Å². The van der Waals surface area contributed by atoms with Gasteiger partial charge in [0.05, 0.1) is 22.8 Å². The molecule has 26 heavy (non-hydrogen) atoms. The zero-order valence-corrected chi connectivity index (χ0v) is 15.7. The van der Waals surface area contributed by atoms with Crippen molar-refractivity contribution < 1.29 is 5.11 Å². The molecule has 4 nitrogen and oxygen atoms in total. The van der Waals surface area contributed by atoms with Crippen LogP contribution in [0.15, 0.2) is 30.5 Å². The molecule has 0 bridgehead atoms. The molecule has 4 rings (SSSR count). The predicted molar refractivity (Wildman–Crippen MR) is 106 cm³/mol. The van der Waals surface area contributed by atoms with E-state index in [1.807, 2.05) is 12.3 Å². The van der Waals surface area contributed by atoms with Crippen LogP contribution in [-0.2, 0) is 13.0 Å². The molecule has 0 aliphatic heterocycles. The van der Waals surface area contributed by atoms with Crippen LogP contribution in [0.25, 0.3) is 21.9 Å². The van der Waals surface area contributed by atoms with Gasteiger partial charge in [-0.3, -0.25) is 4.98 Å². The minimum Gasteiger partial charge on any atom is -0.390 e. The summed E-state index contributed by atoms with van der Waals surface area (Å²) in [7, 11) is 0. The van der Waals surface area contributed by atoms with E-state index in [0.717, 1.165) is 61.9 Å². The number of imidazole rings is 1. The van der Waals surface area contributed by atoms with Gasteiger partial charge in [0.15, 0.2) is 0 Å². The first-order chi connectivity index (χ1) is 12.7. The predicted octanol–water partition coefficient (Wildman–Crippen LogP) is 5.01. The summed E-state index contributed by atoms with van der Waals surface area (Å²) >= 11 is 0. The number of hydrogen-bond acceptors (Lipinski definition) is 3. The van der Waals surface area contributed by atoms with E-state index in [1.54, 1.807) is 0 Å². The summed E-state index contributed by atoms with van der Waals surface area (Å²) in [4.78, 5) is 9.45. The highest BCUT2D eigenvalue weighted by molar-refractivity contribution is 6.02. The molecule has 0 atom stereocenters. The summed E-state index contributed by atoms with van der Waals surface area (Å²) < 4.78 is 2.38. The molecule has 0 radical (unpaired) electrons. The number of para-hydroxylation sites is 1. The maximum atomic E-state index is 10.8. The molecule has 0 unspecified atom stereocenters.